The van der Waals surface area contributed by atoms with Gasteiger partial charge in [-0.3, -0.25) is 9.59 Å². The van der Waals surface area contributed by atoms with Crippen molar-refractivity contribution in [2.75, 3.05) is 23.3 Å². The highest BCUT2D eigenvalue weighted by Gasteiger charge is 2.13. The number of fused-ring (bicyclic) bond motifs is 1. The van der Waals surface area contributed by atoms with Crippen molar-refractivity contribution < 1.29 is 9.21 Å². The normalized spacial score (nSPS) is 13.8. The molecular weight excluding hydrogens is 424 g/mol. The van der Waals surface area contributed by atoms with Crippen LogP contribution in [0.2, 0.25) is 0 Å². The molecule has 0 unspecified atom stereocenters. The number of hydrogen-bond acceptors (Lipinski definition) is 4. The van der Waals surface area contributed by atoms with E-state index in [0.29, 0.717) is 22.3 Å². The lowest BCUT2D eigenvalue weighted by atomic mass is 10.1. The van der Waals surface area contributed by atoms with E-state index in [9.17, 15) is 9.59 Å². The maximum atomic E-state index is 12.8. The maximum Gasteiger partial charge on any atom is 0.255 e. The van der Waals surface area contributed by atoms with Crippen LogP contribution in [0, 0.1) is 13.8 Å². The van der Waals surface area contributed by atoms with E-state index in [1.165, 1.54) is 31.0 Å². The number of carbonyl (C=O) groups excluding carboxylic acids is 1. The minimum absolute atomic E-state index is 0.0714. The molecule has 1 fully saturated rings. The molecule has 5 nitrogen and oxygen atoms in total. The fourth-order valence-electron chi connectivity index (χ4n) is 4.65. The van der Waals surface area contributed by atoms with Crippen LogP contribution in [-0.2, 0) is 0 Å². The van der Waals surface area contributed by atoms with E-state index in [-0.39, 0.29) is 11.3 Å². The van der Waals surface area contributed by atoms with Crippen LogP contribution >= 0.6 is 0 Å². The van der Waals surface area contributed by atoms with E-state index >= 15 is 0 Å². The summed E-state index contributed by atoms with van der Waals surface area (Å²) in [6.45, 7) is 6.09. The standard InChI is InChI=1S/C29H28N2O3/c1-19-16-20(2)28-25(17-19)26(32)18-27(34-28)21-6-8-22(9-7-21)29(33)30-23-10-12-24(13-11-23)31-14-4-3-5-15-31/h6-13,16-18H,3-5,14-15H2,1-2H3,(H,30,33). The number of aryl methyl sites for hydroxylation is 2. The van der Waals surface area contributed by atoms with E-state index in [1.807, 2.05) is 50.2 Å². The van der Waals surface area contributed by atoms with Crippen LogP contribution in [0.4, 0.5) is 11.4 Å². The van der Waals surface area contributed by atoms with Gasteiger partial charge < -0.3 is 14.6 Å². The van der Waals surface area contributed by atoms with Gasteiger partial charge in [-0.15, -0.1) is 0 Å². The quantitative estimate of drug-likeness (QED) is 0.394. The van der Waals surface area contributed by atoms with Crippen molar-refractivity contribution in [1.29, 1.82) is 0 Å². The van der Waals surface area contributed by atoms with Crippen molar-refractivity contribution in [2.24, 2.45) is 0 Å². The topological polar surface area (TPSA) is 62.6 Å². The molecule has 0 aliphatic carbocycles. The van der Waals surface area contributed by atoms with Crippen molar-refractivity contribution in [1.82, 2.24) is 0 Å². The van der Waals surface area contributed by atoms with Gasteiger partial charge >= 0.3 is 0 Å². The van der Waals surface area contributed by atoms with Crippen LogP contribution in [0.15, 0.2) is 75.9 Å². The second kappa shape index (κ2) is 9.18. The van der Waals surface area contributed by atoms with E-state index < -0.39 is 0 Å². The van der Waals surface area contributed by atoms with Gasteiger partial charge in [0.2, 0.25) is 0 Å². The Kier molecular flexibility index (Phi) is 5.93. The van der Waals surface area contributed by atoms with Gasteiger partial charge in [-0.25, -0.2) is 0 Å². The SMILES string of the molecule is Cc1cc(C)c2oc(-c3ccc(C(=O)Nc4ccc(N5CCCCC5)cc4)cc3)cc(=O)c2c1. The Morgan fingerprint density at radius 1 is 0.882 bits per heavy atom. The molecular formula is C29H28N2O3. The second-order valence-electron chi connectivity index (χ2n) is 9.06. The molecule has 0 spiro atoms. The van der Waals surface area contributed by atoms with Gasteiger partial charge in [0.05, 0.1) is 5.39 Å². The molecule has 1 N–H and O–H groups in total. The molecule has 0 bridgehead atoms. The largest absolute Gasteiger partial charge is 0.456 e. The summed E-state index contributed by atoms with van der Waals surface area (Å²) in [6.07, 6.45) is 3.77. The van der Waals surface area contributed by atoms with E-state index in [0.717, 1.165) is 35.5 Å². The Morgan fingerprint density at radius 3 is 2.29 bits per heavy atom. The first-order chi connectivity index (χ1) is 16.5. The highest BCUT2D eigenvalue weighted by molar-refractivity contribution is 6.04. The number of hydrogen-bond donors (Lipinski definition) is 1. The zero-order valence-electron chi connectivity index (χ0n) is 19.6. The molecule has 5 rings (SSSR count). The number of amides is 1. The predicted molar refractivity (Wildman–Crippen MR) is 138 cm³/mol. The summed E-state index contributed by atoms with van der Waals surface area (Å²) in [5.74, 6) is 0.313. The smallest absolute Gasteiger partial charge is 0.255 e. The third kappa shape index (κ3) is 4.46. The number of carbonyl (C=O) groups is 1. The zero-order valence-corrected chi connectivity index (χ0v) is 19.6. The molecule has 1 amide bonds. The van der Waals surface area contributed by atoms with Crippen molar-refractivity contribution >= 4 is 28.3 Å². The molecule has 1 aromatic heterocycles. The Bertz CT molecular complexity index is 1400. The summed E-state index contributed by atoms with van der Waals surface area (Å²) in [6, 6.07) is 20.5. The first kappa shape index (κ1) is 22.0. The number of nitrogens with one attached hydrogen (secondary N) is 1. The number of nitrogens with zero attached hydrogens (tertiary/aromatic N) is 1. The fraction of sp³-hybridized carbons (Fsp3) is 0.241. The molecule has 4 aromatic rings. The van der Waals surface area contributed by atoms with Crippen molar-refractivity contribution in [3.8, 4) is 11.3 Å². The van der Waals surface area contributed by atoms with Gasteiger partial charge in [-0.05, 0) is 86.7 Å². The number of benzene rings is 3. The van der Waals surface area contributed by atoms with Crippen LogP contribution in [-0.4, -0.2) is 19.0 Å². The fourth-order valence-corrected chi connectivity index (χ4v) is 4.65. The Morgan fingerprint density at radius 2 is 1.59 bits per heavy atom. The van der Waals surface area contributed by atoms with Gasteiger partial charge in [0.1, 0.15) is 11.3 Å². The van der Waals surface area contributed by atoms with Crippen molar-refractivity contribution in [2.45, 2.75) is 33.1 Å². The molecule has 5 heteroatoms. The molecule has 0 atom stereocenters. The summed E-state index contributed by atoms with van der Waals surface area (Å²) in [7, 11) is 0. The third-order valence-electron chi connectivity index (χ3n) is 6.44. The van der Waals surface area contributed by atoms with Gasteiger partial charge in [-0.2, -0.15) is 0 Å². The molecule has 1 saturated heterocycles. The highest BCUT2D eigenvalue weighted by atomic mass is 16.3. The van der Waals surface area contributed by atoms with Crippen LogP contribution < -0.4 is 15.6 Å². The average Bonchev–Trinajstić information content (AvgIpc) is 2.85. The lowest BCUT2D eigenvalue weighted by molar-refractivity contribution is 0.102. The Hall–Kier alpha value is -3.86. The van der Waals surface area contributed by atoms with Crippen LogP contribution in [0.5, 0.6) is 0 Å². The summed E-state index contributed by atoms with van der Waals surface area (Å²) in [4.78, 5) is 27.8. The maximum absolute atomic E-state index is 12.8. The molecule has 172 valence electrons. The number of anilines is 2. The molecule has 0 radical (unpaired) electrons. The summed E-state index contributed by atoms with van der Waals surface area (Å²) >= 11 is 0. The summed E-state index contributed by atoms with van der Waals surface area (Å²) in [5.41, 5.74) is 5.74. The molecule has 0 saturated carbocycles. The number of piperidine rings is 1. The molecule has 1 aliphatic rings. The first-order valence-corrected chi connectivity index (χ1v) is 11.8. The van der Waals surface area contributed by atoms with E-state index in [2.05, 4.69) is 22.3 Å². The molecule has 3 aromatic carbocycles. The third-order valence-corrected chi connectivity index (χ3v) is 6.44. The summed E-state index contributed by atoms with van der Waals surface area (Å²) < 4.78 is 6.07. The van der Waals surface area contributed by atoms with Gasteiger partial charge in [-0.1, -0.05) is 18.2 Å². The Labute approximate surface area is 199 Å². The van der Waals surface area contributed by atoms with Gasteiger partial charge in [0, 0.05) is 41.7 Å². The zero-order chi connectivity index (χ0) is 23.7. The van der Waals surface area contributed by atoms with Crippen molar-refractivity contribution in [3.05, 3.63) is 93.6 Å². The second-order valence-corrected chi connectivity index (χ2v) is 9.06. The molecule has 1 aliphatic heterocycles. The predicted octanol–water partition coefficient (Wildman–Crippen LogP) is 6.32. The minimum Gasteiger partial charge on any atom is -0.456 e. The summed E-state index contributed by atoms with van der Waals surface area (Å²) in [5, 5.41) is 3.55. The average molecular weight is 453 g/mol. The number of rotatable bonds is 4. The van der Waals surface area contributed by atoms with Gasteiger partial charge in [0.25, 0.3) is 5.91 Å². The highest BCUT2D eigenvalue weighted by Crippen LogP contribution is 2.26. The van der Waals surface area contributed by atoms with Crippen LogP contribution in [0.1, 0.15) is 40.7 Å². The van der Waals surface area contributed by atoms with Crippen LogP contribution in [0.3, 0.4) is 0 Å². The molecule has 34 heavy (non-hydrogen) atoms. The lowest BCUT2D eigenvalue weighted by Gasteiger charge is -2.28. The Balaban J connectivity index is 1.32. The van der Waals surface area contributed by atoms with E-state index in [1.54, 1.807) is 12.1 Å². The monoisotopic (exact) mass is 452 g/mol. The first-order valence-electron chi connectivity index (χ1n) is 11.8. The minimum atomic E-state index is -0.177. The molecule has 2 heterocycles. The van der Waals surface area contributed by atoms with Crippen LogP contribution in [0.25, 0.3) is 22.3 Å². The van der Waals surface area contributed by atoms with E-state index in [4.69, 9.17) is 4.42 Å². The van der Waals surface area contributed by atoms with Gasteiger partial charge in [0.15, 0.2) is 5.43 Å². The van der Waals surface area contributed by atoms with Crippen molar-refractivity contribution in [3.63, 3.8) is 0 Å². The lowest BCUT2D eigenvalue weighted by Crippen LogP contribution is -2.29.